The van der Waals surface area contributed by atoms with Gasteiger partial charge in [0.25, 0.3) is 11.7 Å². The molecule has 3 aromatic rings. The van der Waals surface area contributed by atoms with Crippen molar-refractivity contribution in [1.29, 1.82) is 0 Å². The molecule has 0 aliphatic heterocycles. The van der Waals surface area contributed by atoms with Crippen molar-refractivity contribution in [2.45, 2.75) is 58.5 Å². The van der Waals surface area contributed by atoms with Crippen LogP contribution < -0.4 is 15.5 Å². The van der Waals surface area contributed by atoms with Crippen molar-refractivity contribution in [3.8, 4) is 0 Å². The van der Waals surface area contributed by atoms with E-state index in [1.807, 2.05) is 76.2 Å². The Labute approximate surface area is 201 Å². The highest BCUT2D eigenvalue weighted by Gasteiger charge is 2.27. The third-order valence-corrected chi connectivity index (χ3v) is 6.51. The van der Waals surface area contributed by atoms with Gasteiger partial charge in [0, 0.05) is 37.1 Å². The van der Waals surface area contributed by atoms with Gasteiger partial charge in [-0.1, -0.05) is 29.8 Å². The molecule has 2 aromatic carbocycles. The van der Waals surface area contributed by atoms with Crippen molar-refractivity contribution in [3.05, 3.63) is 58.7 Å². The Balaban J connectivity index is 1.37. The topological polar surface area (TPSA) is 87.2 Å². The number of rotatable bonds is 6. The Bertz CT molecular complexity index is 1210. The van der Waals surface area contributed by atoms with Gasteiger partial charge in [-0.25, -0.2) is 4.98 Å². The Morgan fingerprint density at radius 2 is 1.53 bits per heavy atom. The molecule has 0 bridgehead atoms. The SMILES string of the molecule is Cc1cc(C)c(C(=O)C(=O)N[C@H]2CC[C@@H](Nc3nc(N(C)C)c4ccccc4n3)CC2)c(C)c1. The number of nitrogens with zero attached hydrogens (tertiary/aromatic N) is 3. The number of ketones is 1. The largest absolute Gasteiger partial charge is 0.362 e. The number of amides is 1. The molecular formula is C27H33N5O2. The minimum atomic E-state index is -0.514. The lowest BCUT2D eigenvalue weighted by molar-refractivity contribution is -0.117. The van der Waals surface area contributed by atoms with E-state index in [2.05, 4.69) is 10.6 Å². The van der Waals surface area contributed by atoms with Crippen LogP contribution in [0.25, 0.3) is 10.9 Å². The second-order valence-electron chi connectivity index (χ2n) is 9.55. The van der Waals surface area contributed by atoms with Crippen molar-refractivity contribution in [3.63, 3.8) is 0 Å². The van der Waals surface area contributed by atoms with E-state index >= 15 is 0 Å². The van der Waals surface area contributed by atoms with Gasteiger partial charge in [0.2, 0.25) is 5.95 Å². The molecule has 2 N–H and O–H groups in total. The van der Waals surface area contributed by atoms with Gasteiger partial charge in [-0.05, 0) is 69.7 Å². The monoisotopic (exact) mass is 459 g/mol. The third kappa shape index (κ3) is 5.03. The summed E-state index contributed by atoms with van der Waals surface area (Å²) in [4.78, 5) is 36.9. The van der Waals surface area contributed by atoms with Gasteiger partial charge >= 0.3 is 0 Å². The fourth-order valence-corrected chi connectivity index (χ4v) is 4.93. The first-order chi connectivity index (χ1) is 16.2. The van der Waals surface area contributed by atoms with E-state index in [4.69, 9.17) is 9.97 Å². The summed E-state index contributed by atoms with van der Waals surface area (Å²) in [5.41, 5.74) is 4.20. The zero-order valence-electron chi connectivity index (χ0n) is 20.6. The number of aromatic nitrogens is 2. The summed E-state index contributed by atoms with van der Waals surface area (Å²) in [5.74, 6) is 0.542. The molecule has 1 saturated carbocycles. The highest BCUT2D eigenvalue weighted by atomic mass is 16.2. The zero-order valence-corrected chi connectivity index (χ0v) is 20.6. The Kier molecular flexibility index (Phi) is 6.82. The number of Topliss-reactive ketones (excluding diaryl/α,β-unsaturated/α-hetero) is 1. The molecule has 0 unspecified atom stereocenters. The van der Waals surface area contributed by atoms with Crippen LogP contribution in [-0.4, -0.2) is 47.8 Å². The van der Waals surface area contributed by atoms with Crippen LogP contribution in [0.2, 0.25) is 0 Å². The number of fused-ring (bicyclic) bond motifs is 1. The first-order valence-corrected chi connectivity index (χ1v) is 11.9. The molecule has 7 nitrogen and oxygen atoms in total. The lowest BCUT2D eigenvalue weighted by Crippen LogP contribution is -2.43. The van der Waals surface area contributed by atoms with Crippen LogP contribution in [0.3, 0.4) is 0 Å². The van der Waals surface area contributed by atoms with Crippen LogP contribution in [0.1, 0.15) is 52.7 Å². The fraction of sp³-hybridized carbons (Fsp3) is 0.407. The molecule has 178 valence electrons. The maximum absolute atomic E-state index is 12.8. The number of nitrogens with one attached hydrogen (secondary N) is 2. The molecule has 1 heterocycles. The number of aryl methyl sites for hydroxylation is 3. The van der Waals surface area contributed by atoms with Gasteiger partial charge in [-0.3, -0.25) is 9.59 Å². The molecule has 1 aromatic heterocycles. The lowest BCUT2D eigenvalue weighted by atomic mass is 9.90. The van der Waals surface area contributed by atoms with Crippen molar-refractivity contribution in [2.75, 3.05) is 24.3 Å². The zero-order chi connectivity index (χ0) is 24.4. The van der Waals surface area contributed by atoms with Crippen molar-refractivity contribution < 1.29 is 9.59 Å². The summed E-state index contributed by atoms with van der Waals surface area (Å²) >= 11 is 0. The Morgan fingerprint density at radius 3 is 2.18 bits per heavy atom. The van der Waals surface area contributed by atoms with E-state index < -0.39 is 11.7 Å². The first kappa shape index (κ1) is 23.7. The Morgan fingerprint density at radius 1 is 0.912 bits per heavy atom. The number of carbonyl (C=O) groups is 2. The minimum absolute atomic E-state index is 0.00424. The molecule has 0 atom stereocenters. The summed E-state index contributed by atoms with van der Waals surface area (Å²) in [7, 11) is 3.96. The van der Waals surface area contributed by atoms with Crippen LogP contribution in [-0.2, 0) is 4.79 Å². The summed E-state index contributed by atoms with van der Waals surface area (Å²) in [6.45, 7) is 5.76. The van der Waals surface area contributed by atoms with E-state index in [1.54, 1.807) is 0 Å². The number of para-hydroxylation sites is 1. The molecule has 1 aliphatic carbocycles. The normalized spacial score (nSPS) is 17.9. The van der Waals surface area contributed by atoms with Crippen molar-refractivity contribution in [2.24, 2.45) is 0 Å². The molecule has 0 radical (unpaired) electrons. The summed E-state index contributed by atoms with van der Waals surface area (Å²) in [6.07, 6.45) is 3.34. The second kappa shape index (κ2) is 9.79. The molecule has 1 fully saturated rings. The maximum atomic E-state index is 12.8. The van der Waals surface area contributed by atoms with Crippen LogP contribution >= 0.6 is 0 Å². The number of anilines is 2. The van der Waals surface area contributed by atoms with E-state index in [0.717, 1.165) is 59.1 Å². The predicted molar refractivity (Wildman–Crippen MR) is 137 cm³/mol. The highest BCUT2D eigenvalue weighted by molar-refractivity contribution is 6.43. The fourth-order valence-electron chi connectivity index (χ4n) is 4.93. The molecular weight excluding hydrogens is 426 g/mol. The predicted octanol–water partition coefficient (Wildman–Crippen LogP) is 4.34. The average molecular weight is 460 g/mol. The number of benzene rings is 2. The van der Waals surface area contributed by atoms with E-state index in [-0.39, 0.29) is 12.1 Å². The van der Waals surface area contributed by atoms with E-state index in [9.17, 15) is 9.59 Å². The maximum Gasteiger partial charge on any atom is 0.292 e. The summed E-state index contributed by atoms with van der Waals surface area (Å²) < 4.78 is 0. The quantitative estimate of drug-likeness (QED) is 0.421. The van der Waals surface area contributed by atoms with Crippen molar-refractivity contribution in [1.82, 2.24) is 15.3 Å². The van der Waals surface area contributed by atoms with Crippen LogP contribution in [0.4, 0.5) is 11.8 Å². The van der Waals surface area contributed by atoms with Crippen molar-refractivity contribution >= 4 is 34.4 Å². The number of carbonyl (C=O) groups excluding carboxylic acids is 2. The van der Waals surface area contributed by atoms with Gasteiger partial charge in [-0.2, -0.15) is 4.98 Å². The summed E-state index contributed by atoms with van der Waals surface area (Å²) in [5, 5.41) is 7.47. The van der Waals surface area contributed by atoms with Crippen LogP contribution in [0.5, 0.6) is 0 Å². The molecule has 34 heavy (non-hydrogen) atoms. The van der Waals surface area contributed by atoms with Gasteiger partial charge in [0.05, 0.1) is 5.52 Å². The third-order valence-electron chi connectivity index (χ3n) is 6.51. The smallest absolute Gasteiger partial charge is 0.292 e. The van der Waals surface area contributed by atoms with Gasteiger partial charge in [0.15, 0.2) is 0 Å². The molecule has 7 heteroatoms. The highest BCUT2D eigenvalue weighted by Crippen LogP contribution is 2.26. The lowest BCUT2D eigenvalue weighted by Gasteiger charge is -2.30. The first-order valence-electron chi connectivity index (χ1n) is 11.9. The summed E-state index contributed by atoms with van der Waals surface area (Å²) in [6, 6.07) is 12.1. The molecule has 1 amide bonds. The number of hydrogen-bond acceptors (Lipinski definition) is 6. The van der Waals surface area contributed by atoms with Gasteiger partial charge in [-0.15, -0.1) is 0 Å². The van der Waals surface area contributed by atoms with E-state index in [0.29, 0.717) is 11.5 Å². The van der Waals surface area contributed by atoms with Gasteiger partial charge in [0.1, 0.15) is 5.82 Å². The number of hydrogen-bond donors (Lipinski definition) is 2. The second-order valence-corrected chi connectivity index (χ2v) is 9.55. The minimum Gasteiger partial charge on any atom is -0.362 e. The Hall–Kier alpha value is -3.48. The molecule has 0 saturated heterocycles. The van der Waals surface area contributed by atoms with Gasteiger partial charge < -0.3 is 15.5 Å². The molecule has 0 spiro atoms. The van der Waals surface area contributed by atoms with E-state index in [1.165, 1.54) is 0 Å². The molecule has 4 rings (SSSR count). The van der Waals surface area contributed by atoms with Crippen LogP contribution in [0, 0.1) is 20.8 Å². The van der Waals surface area contributed by atoms with Crippen LogP contribution in [0.15, 0.2) is 36.4 Å². The standard InChI is InChI=1S/C27H33N5O2/c1-16-14-17(2)23(18(3)15-16)24(33)26(34)28-19-10-12-20(13-11-19)29-27-30-22-9-7-6-8-21(22)25(31-27)32(4)5/h6-9,14-15,19-20H,10-13H2,1-5H3,(H,28,34)(H,29,30,31)/t19-,20+. The average Bonchev–Trinajstić information content (AvgIpc) is 2.79. The molecule has 1 aliphatic rings.